The maximum Gasteiger partial charge on any atom is 0.337 e. The SMILES string of the molecule is COC(=O)c1ccc(Cl)c(CSC)c1. The van der Waals surface area contributed by atoms with Crippen molar-refractivity contribution in [2.75, 3.05) is 13.4 Å². The molecule has 14 heavy (non-hydrogen) atoms. The van der Waals surface area contributed by atoms with Gasteiger partial charge in [0.2, 0.25) is 0 Å². The van der Waals surface area contributed by atoms with Gasteiger partial charge in [-0.05, 0) is 30.0 Å². The second-order valence-electron chi connectivity index (χ2n) is 2.73. The molecular weight excluding hydrogens is 220 g/mol. The van der Waals surface area contributed by atoms with Crippen molar-refractivity contribution in [2.45, 2.75) is 5.75 Å². The zero-order valence-electron chi connectivity index (χ0n) is 8.04. The van der Waals surface area contributed by atoms with Gasteiger partial charge in [0.15, 0.2) is 0 Å². The first-order chi connectivity index (χ1) is 6.69. The minimum Gasteiger partial charge on any atom is -0.465 e. The molecule has 0 saturated carbocycles. The van der Waals surface area contributed by atoms with E-state index < -0.39 is 0 Å². The van der Waals surface area contributed by atoms with Gasteiger partial charge in [-0.2, -0.15) is 11.8 Å². The lowest BCUT2D eigenvalue weighted by molar-refractivity contribution is 0.0600. The molecule has 76 valence electrons. The van der Waals surface area contributed by atoms with Gasteiger partial charge in [-0.25, -0.2) is 4.79 Å². The normalized spacial score (nSPS) is 9.93. The van der Waals surface area contributed by atoms with Crippen molar-refractivity contribution < 1.29 is 9.53 Å². The van der Waals surface area contributed by atoms with Crippen LogP contribution in [-0.4, -0.2) is 19.3 Å². The molecular formula is C10H11ClO2S. The Morgan fingerprint density at radius 3 is 2.86 bits per heavy atom. The molecule has 0 aromatic heterocycles. The molecule has 2 nitrogen and oxygen atoms in total. The molecule has 0 spiro atoms. The molecule has 1 aromatic carbocycles. The number of methoxy groups -OCH3 is 1. The van der Waals surface area contributed by atoms with Crippen molar-refractivity contribution >= 4 is 29.3 Å². The molecule has 0 aliphatic rings. The van der Waals surface area contributed by atoms with Crippen LogP contribution in [0.2, 0.25) is 5.02 Å². The van der Waals surface area contributed by atoms with Crippen LogP contribution in [0.3, 0.4) is 0 Å². The Morgan fingerprint density at radius 1 is 1.57 bits per heavy atom. The first-order valence-corrected chi connectivity index (χ1v) is 5.82. The monoisotopic (exact) mass is 230 g/mol. The maximum atomic E-state index is 11.2. The van der Waals surface area contributed by atoms with Gasteiger partial charge in [0, 0.05) is 10.8 Å². The summed E-state index contributed by atoms with van der Waals surface area (Å²) in [7, 11) is 1.37. The molecule has 0 aliphatic carbocycles. The molecule has 0 atom stereocenters. The number of esters is 1. The summed E-state index contributed by atoms with van der Waals surface area (Å²) in [5.74, 6) is 0.466. The van der Waals surface area contributed by atoms with Crippen molar-refractivity contribution in [3.8, 4) is 0 Å². The Hall–Kier alpha value is -0.670. The summed E-state index contributed by atoms with van der Waals surface area (Å²) < 4.78 is 4.62. The first kappa shape index (κ1) is 11.4. The molecule has 0 heterocycles. The molecule has 0 aliphatic heterocycles. The van der Waals surface area contributed by atoms with Gasteiger partial charge in [0.05, 0.1) is 12.7 Å². The smallest absolute Gasteiger partial charge is 0.337 e. The summed E-state index contributed by atoms with van der Waals surface area (Å²) in [6.45, 7) is 0. The van der Waals surface area contributed by atoms with Crippen molar-refractivity contribution in [2.24, 2.45) is 0 Å². The van der Waals surface area contributed by atoms with Gasteiger partial charge in [0.25, 0.3) is 0 Å². The number of thioether (sulfide) groups is 1. The van der Waals surface area contributed by atoms with Gasteiger partial charge in [0.1, 0.15) is 0 Å². The molecule has 0 fully saturated rings. The fourth-order valence-corrected chi connectivity index (χ4v) is 1.90. The summed E-state index contributed by atoms with van der Waals surface area (Å²) in [6.07, 6.45) is 1.99. The summed E-state index contributed by atoms with van der Waals surface area (Å²) in [5, 5.41) is 0.687. The van der Waals surface area contributed by atoms with Crippen LogP contribution in [0.25, 0.3) is 0 Å². The lowest BCUT2D eigenvalue weighted by atomic mass is 10.1. The highest BCUT2D eigenvalue weighted by atomic mass is 35.5. The molecule has 0 N–H and O–H groups in total. The van der Waals surface area contributed by atoms with Gasteiger partial charge in [-0.1, -0.05) is 11.6 Å². The van der Waals surface area contributed by atoms with E-state index in [1.165, 1.54) is 7.11 Å². The summed E-state index contributed by atoms with van der Waals surface area (Å²) >= 11 is 7.62. The summed E-state index contributed by atoms with van der Waals surface area (Å²) in [5.41, 5.74) is 1.50. The maximum absolute atomic E-state index is 11.2. The van der Waals surface area contributed by atoms with E-state index in [0.29, 0.717) is 10.6 Å². The Bertz CT molecular complexity index is 339. The van der Waals surface area contributed by atoms with Crippen LogP contribution in [0.5, 0.6) is 0 Å². The van der Waals surface area contributed by atoms with E-state index in [9.17, 15) is 4.79 Å². The van der Waals surface area contributed by atoms with Crippen LogP contribution in [-0.2, 0) is 10.5 Å². The third-order valence-electron chi connectivity index (χ3n) is 1.77. The van der Waals surface area contributed by atoms with Crippen molar-refractivity contribution in [3.63, 3.8) is 0 Å². The number of rotatable bonds is 3. The van der Waals surface area contributed by atoms with Gasteiger partial charge < -0.3 is 4.74 Å². The Morgan fingerprint density at radius 2 is 2.29 bits per heavy atom. The fraction of sp³-hybridized carbons (Fsp3) is 0.300. The topological polar surface area (TPSA) is 26.3 Å². The number of benzene rings is 1. The van der Waals surface area contributed by atoms with E-state index in [1.54, 1.807) is 30.0 Å². The number of hydrogen-bond acceptors (Lipinski definition) is 3. The van der Waals surface area contributed by atoms with Crippen LogP contribution < -0.4 is 0 Å². The van der Waals surface area contributed by atoms with E-state index in [4.69, 9.17) is 11.6 Å². The molecule has 0 radical (unpaired) electrons. The quantitative estimate of drug-likeness (QED) is 0.747. The largest absolute Gasteiger partial charge is 0.465 e. The van der Waals surface area contributed by atoms with Crippen molar-refractivity contribution in [1.29, 1.82) is 0 Å². The van der Waals surface area contributed by atoms with Gasteiger partial charge >= 0.3 is 5.97 Å². The zero-order valence-corrected chi connectivity index (χ0v) is 9.61. The number of carbonyl (C=O) groups is 1. The highest BCUT2D eigenvalue weighted by molar-refractivity contribution is 7.97. The van der Waals surface area contributed by atoms with Gasteiger partial charge in [-0.15, -0.1) is 0 Å². The molecule has 0 unspecified atom stereocenters. The lowest BCUT2D eigenvalue weighted by Gasteiger charge is -2.04. The van der Waals surface area contributed by atoms with Crippen LogP contribution >= 0.6 is 23.4 Å². The third kappa shape index (κ3) is 2.66. The second kappa shape index (κ2) is 5.27. The molecule has 1 rings (SSSR count). The predicted molar refractivity (Wildman–Crippen MR) is 60.0 cm³/mol. The Balaban J connectivity index is 2.99. The molecule has 4 heteroatoms. The van der Waals surface area contributed by atoms with Crippen molar-refractivity contribution in [3.05, 3.63) is 34.3 Å². The number of hydrogen-bond donors (Lipinski definition) is 0. The number of halogens is 1. The van der Waals surface area contributed by atoms with E-state index in [0.717, 1.165) is 11.3 Å². The first-order valence-electron chi connectivity index (χ1n) is 4.04. The summed E-state index contributed by atoms with van der Waals surface area (Å²) in [6, 6.07) is 5.15. The second-order valence-corrected chi connectivity index (χ2v) is 4.00. The average Bonchev–Trinajstić information content (AvgIpc) is 2.20. The van der Waals surface area contributed by atoms with E-state index >= 15 is 0 Å². The predicted octanol–water partition coefficient (Wildman–Crippen LogP) is 2.99. The van der Waals surface area contributed by atoms with E-state index in [-0.39, 0.29) is 5.97 Å². The lowest BCUT2D eigenvalue weighted by Crippen LogP contribution is -2.01. The van der Waals surface area contributed by atoms with Crippen LogP contribution in [0.1, 0.15) is 15.9 Å². The molecule has 0 bridgehead atoms. The number of carbonyl (C=O) groups excluding carboxylic acids is 1. The van der Waals surface area contributed by atoms with Crippen LogP contribution in [0.15, 0.2) is 18.2 Å². The minimum absolute atomic E-state index is 0.330. The highest BCUT2D eigenvalue weighted by Crippen LogP contribution is 2.21. The fourth-order valence-electron chi connectivity index (χ4n) is 1.09. The van der Waals surface area contributed by atoms with Gasteiger partial charge in [-0.3, -0.25) is 0 Å². The standard InChI is InChI=1S/C10H11ClO2S/c1-13-10(12)7-3-4-9(11)8(5-7)6-14-2/h3-5H,6H2,1-2H3. The number of ether oxygens (including phenoxy) is 1. The van der Waals surface area contributed by atoms with Crippen LogP contribution in [0.4, 0.5) is 0 Å². The molecule has 0 saturated heterocycles. The molecule has 0 amide bonds. The average molecular weight is 231 g/mol. The van der Waals surface area contributed by atoms with Crippen LogP contribution in [0, 0.1) is 0 Å². The highest BCUT2D eigenvalue weighted by Gasteiger charge is 2.08. The van der Waals surface area contributed by atoms with Crippen molar-refractivity contribution in [1.82, 2.24) is 0 Å². The zero-order chi connectivity index (χ0) is 10.6. The third-order valence-corrected chi connectivity index (χ3v) is 2.74. The van der Waals surface area contributed by atoms with E-state index in [2.05, 4.69) is 4.74 Å². The minimum atomic E-state index is -0.330. The Labute approximate surface area is 92.6 Å². The Kier molecular flexibility index (Phi) is 4.29. The molecule has 1 aromatic rings. The summed E-state index contributed by atoms with van der Waals surface area (Å²) in [4.78, 5) is 11.2. The van der Waals surface area contributed by atoms with E-state index in [1.807, 2.05) is 6.26 Å².